The van der Waals surface area contributed by atoms with Crippen molar-refractivity contribution in [3.8, 4) is 16.3 Å². The summed E-state index contributed by atoms with van der Waals surface area (Å²) < 4.78 is 1.56. The molecule has 0 unspecified atom stereocenters. The summed E-state index contributed by atoms with van der Waals surface area (Å²) in [7, 11) is 0. The van der Waals surface area contributed by atoms with Crippen molar-refractivity contribution in [2.24, 2.45) is 0 Å². The number of rotatable bonds is 5. The summed E-state index contributed by atoms with van der Waals surface area (Å²) in [6.07, 6.45) is 1.57. The Balaban J connectivity index is 1.20. The first kappa shape index (κ1) is 22.5. The Bertz CT molecular complexity index is 1370. The summed E-state index contributed by atoms with van der Waals surface area (Å²) in [5.74, 6) is 0.432. The first-order valence-corrected chi connectivity index (χ1v) is 12.1. The van der Waals surface area contributed by atoms with Crippen molar-refractivity contribution in [1.82, 2.24) is 29.8 Å². The van der Waals surface area contributed by atoms with E-state index in [1.54, 1.807) is 28.3 Å². The number of piperazine rings is 1. The van der Waals surface area contributed by atoms with Crippen LogP contribution in [0.25, 0.3) is 16.3 Å². The third-order valence-corrected chi connectivity index (χ3v) is 7.29. The smallest absolute Gasteiger partial charge is 0.264 e. The monoisotopic (exact) mass is 494 g/mol. The molecule has 0 bridgehead atoms. The van der Waals surface area contributed by atoms with Gasteiger partial charge in [-0.25, -0.2) is 9.78 Å². The predicted octanol–water partition coefficient (Wildman–Crippen LogP) is 3.60. The standard InChI is InChI=1S/C24H23ClN6O2S/c1-16-20(14-26-31(16)22-7-8-23(32)28-27-22)24(33)30-11-9-29(10-12-30)15-19-5-6-21(34-19)17-3-2-4-18(25)13-17/h2-8,13-14H,9-12,15H2,1H3,(H,28,32). The van der Waals surface area contributed by atoms with E-state index in [1.807, 2.05) is 30.0 Å². The Morgan fingerprint density at radius 1 is 1.12 bits per heavy atom. The van der Waals surface area contributed by atoms with Crippen molar-refractivity contribution in [1.29, 1.82) is 0 Å². The van der Waals surface area contributed by atoms with Gasteiger partial charge in [0.2, 0.25) is 0 Å². The Hall–Kier alpha value is -3.27. The van der Waals surface area contributed by atoms with E-state index in [9.17, 15) is 9.59 Å². The van der Waals surface area contributed by atoms with Crippen LogP contribution in [0.15, 0.2) is 59.5 Å². The average molecular weight is 495 g/mol. The van der Waals surface area contributed by atoms with Gasteiger partial charge in [0.15, 0.2) is 5.82 Å². The van der Waals surface area contributed by atoms with E-state index in [0.717, 1.165) is 30.2 Å². The molecule has 4 aromatic rings. The number of thiophene rings is 1. The number of aromatic amines is 1. The fourth-order valence-corrected chi connectivity index (χ4v) is 5.30. The lowest BCUT2D eigenvalue weighted by atomic mass is 10.2. The van der Waals surface area contributed by atoms with Crippen LogP contribution in [0.4, 0.5) is 0 Å². The van der Waals surface area contributed by atoms with Crippen LogP contribution in [-0.4, -0.2) is 61.9 Å². The fourth-order valence-electron chi connectivity index (χ4n) is 4.07. The van der Waals surface area contributed by atoms with Crippen LogP contribution in [0, 0.1) is 6.92 Å². The number of amides is 1. The summed E-state index contributed by atoms with van der Waals surface area (Å²) in [5.41, 5.74) is 2.09. The van der Waals surface area contributed by atoms with Gasteiger partial charge < -0.3 is 4.90 Å². The lowest BCUT2D eigenvalue weighted by Crippen LogP contribution is -2.48. The summed E-state index contributed by atoms with van der Waals surface area (Å²) in [4.78, 5) is 31.1. The zero-order valence-electron chi connectivity index (χ0n) is 18.6. The van der Waals surface area contributed by atoms with Gasteiger partial charge >= 0.3 is 0 Å². The molecule has 0 radical (unpaired) electrons. The number of aromatic nitrogens is 4. The Kier molecular flexibility index (Phi) is 6.32. The molecule has 0 atom stereocenters. The van der Waals surface area contributed by atoms with E-state index < -0.39 is 0 Å². The lowest BCUT2D eigenvalue weighted by molar-refractivity contribution is 0.0629. The van der Waals surface area contributed by atoms with Gasteiger partial charge in [-0.3, -0.25) is 14.5 Å². The minimum atomic E-state index is -0.286. The summed E-state index contributed by atoms with van der Waals surface area (Å²) in [6.45, 7) is 5.63. The van der Waals surface area contributed by atoms with Gasteiger partial charge in [-0.1, -0.05) is 23.7 Å². The van der Waals surface area contributed by atoms with E-state index in [4.69, 9.17) is 11.6 Å². The number of nitrogens with zero attached hydrogens (tertiary/aromatic N) is 5. The van der Waals surface area contributed by atoms with Crippen LogP contribution in [0.1, 0.15) is 20.9 Å². The molecule has 3 aromatic heterocycles. The van der Waals surface area contributed by atoms with E-state index in [2.05, 4.69) is 38.4 Å². The third kappa shape index (κ3) is 4.68. The van der Waals surface area contributed by atoms with Crippen molar-refractivity contribution in [3.63, 3.8) is 0 Å². The molecule has 1 N–H and O–H groups in total. The fraction of sp³-hybridized carbons (Fsp3) is 0.250. The molecule has 1 saturated heterocycles. The predicted molar refractivity (Wildman–Crippen MR) is 133 cm³/mol. The van der Waals surface area contributed by atoms with Gasteiger partial charge in [0.05, 0.1) is 17.5 Å². The minimum absolute atomic E-state index is 0.0350. The Morgan fingerprint density at radius 3 is 2.68 bits per heavy atom. The van der Waals surface area contributed by atoms with Crippen LogP contribution in [0.2, 0.25) is 5.02 Å². The molecule has 10 heteroatoms. The van der Waals surface area contributed by atoms with Gasteiger partial charge in [-0.2, -0.15) is 10.2 Å². The molecular weight excluding hydrogens is 472 g/mol. The largest absolute Gasteiger partial charge is 0.336 e. The molecule has 1 aliphatic rings. The molecule has 1 amide bonds. The quantitative estimate of drug-likeness (QED) is 0.458. The van der Waals surface area contributed by atoms with E-state index in [0.29, 0.717) is 30.2 Å². The number of halogens is 1. The van der Waals surface area contributed by atoms with E-state index in [-0.39, 0.29) is 11.5 Å². The SMILES string of the molecule is Cc1c(C(=O)N2CCN(Cc3ccc(-c4cccc(Cl)c4)s3)CC2)cnn1-c1ccc(=O)[nH]n1. The highest BCUT2D eigenvalue weighted by Gasteiger charge is 2.25. The molecule has 34 heavy (non-hydrogen) atoms. The maximum atomic E-state index is 13.1. The molecule has 8 nitrogen and oxygen atoms in total. The highest BCUT2D eigenvalue weighted by Crippen LogP contribution is 2.30. The molecule has 1 fully saturated rings. The average Bonchev–Trinajstić information content (AvgIpc) is 3.46. The van der Waals surface area contributed by atoms with Crippen LogP contribution in [0.5, 0.6) is 0 Å². The normalized spacial score (nSPS) is 14.5. The number of nitrogens with one attached hydrogen (secondary N) is 1. The topological polar surface area (TPSA) is 87.1 Å². The molecule has 174 valence electrons. The third-order valence-electron chi connectivity index (χ3n) is 5.93. The number of carbonyl (C=O) groups is 1. The lowest BCUT2D eigenvalue weighted by Gasteiger charge is -2.34. The van der Waals surface area contributed by atoms with Gasteiger partial charge in [-0.15, -0.1) is 11.3 Å². The molecule has 1 aromatic carbocycles. The van der Waals surface area contributed by atoms with Crippen molar-refractivity contribution in [2.75, 3.05) is 26.2 Å². The van der Waals surface area contributed by atoms with E-state index in [1.165, 1.54) is 15.8 Å². The second-order valence-electron chi connectivity index (χ2n) is 8.18. The van der Waals surface area contributed by atoms with Gasteiger partial charge in [0, 0.05) is 53.6 Å². The van der Waals surface area contributed by atoms with Crippen molar-refractivity contribution >= 4 is 28.8 Å². The summed E-state index contributed by atoms with van der Waals surface area (Å²) >= 11 is 7.91. The maximum Gasteiger partial charge on any atom is 0.264 e. The number of carbonyl (C=O) groups excluding carboxylic acids is 1. The van der Waals surface area contributed by atoms with E-state index >= 15 is 0 Å². The van der Waals surface area contributed by atoms with Crippen molar-refractivity contribution in [2.45, 2.75) is 13.5 Å². The zero-order chi connectivity index (χ0) is 23.7. The summed E-state index contributed by atoms with van der Waals surface area (Å²) in [5, 5.41) is 11.4. The van der Waals surface area contributed by atoms with Crippen LogP contribution >= 0.6 is 22.9 Å². The molecule has 4 heterocycles. The van der Waals surface area contributed by atoms with Crippen LogP contribution < -0.4 is 5.56 Å². The Labute approximate surface area is 205 Å². The molecular formula is C24H23ClN6O2S. The number of hydrogen-bond acceptors (Lipinski definition) is 6. The summed E-state index contributed by atoms with van der Waals surface area (Å²) in [6, 6.07) is 15.2. The highest BCUT2D eigenvalue weighted by atomic mass is 35.5. The molecule has 0 saturated carbocycles. The highest BCUT2D eigenvalue weighted by molar-refractivity contribution is 7.15. The van der Waals surface area contributed by atoms with Crippen molar-refractivity contribution in [3.05, 3.63) is 86.2 Å². The molecule has 5 rings (SSSR count). The Morgan fingerprint density at radius 2 is 1.94 bits per heavy atom. The first-order valence-electron chi connectivity index (χ1n) is 10.9. The minimum Gasteiger partial charge on any atom is -0.336 e. The second-order valence-corrected chi connectivity index (χ2v) is 9.78. The van der Waals surface area contributed by atoms with Crippen LogP contribution in [-0.2, 0) is 6.54 Å². The zero-order valence-corrected chi connectivity index (χ0v) is 20.1. The van der Waals surface area contributed by atoms with Gasteiger partial charge in [0.1, 0.15) is 0 Å². The van der Waals surface area contributed by atoms with Gasteiger partial charge in [0.25, 0.3) is 11.5 Å². The maximum absolute atomic E-state index is 13.1. The molecule has 0 aliphatic carbocycles. The molecule has 1 aliphatic heterocycles. The first-order chi connectivity index (χ1) is 16.5. The number of hydrogen-bond donors (Lipinski definition) is 1. The second kappa shape index (κ2) is 9.54. The molecule has 0 spiro atoms. The van der Waals surface area contributed by atoms with Gasteiger partial charge in [-0.05, 0) is 42.8 Å². The number of H-pyrrole nitrogens is 1. The van der Waals surface area contributed by atoms with Crippen LogP contribution in [0.3, 0.4) is 0 Å². The number of benzene rings is 1. The van der Waals surface area contributed by atoms with Crippen molar-refractivity contribution < 1.29 is 4.79 Å².